The second kappa shape index (κ2) is 6.23. The van der Waals surface area contributed by atoms with E-state index in [1.54, 1.807) is 6.92 Å². The second-order valence-electron chi connectivity index (χ2n) is 4.00. The molecule has 0 radical (unpaired) electrons. The summed E-state index contributed by atoms with van der Waals surface area (Å²) in [6.45, 7) is 0.910. The van der Waals surface area contributed by atoms with Gasteiger partial charge in [0.2, 0.25) is 0 Å². The Kier molecular flexibility index (Phi) is 5.16. The molecule has 1 fully saturated rings. The van der Waals surface area contributed by atoms with Gasteiger partial charge in [-0.2, -0.15) is 13.2 Å². The topological polar surface area (TPSA) is 44.8 Å². The van der Waals surface area contributed by atoms with Crippen LogP contribution in [0.2, 0.25) is 0 Å². The van der Waals surface area contributed by atoms with E-state index in [4.69, 9.17) is 9.47 Å². The minimum absolute atomic E-state index is 0.168. The summed E-state index contributed by atoms with van der Waals surface area (Å²) < 4.78 is 63.1. The zero-order valence-corrected chi connectivity index (χ0v) is 10.3. The van der Waals surface area contributed by atoms with Crippen LogP contribution >= 0.6 is 0 Å². The van der Waals surface area contributed by atoms with Crippen LogP contribution in [-0.2, 0) is 14.2 Å². The molecular weight excluding hydrogens is 272 g/mol. The quantitative estimate of drug-likeness (QED) is 0.554. The van der Waals surface area contributed by atoms with Crippen molar-refractivity contribution in [3.05, 3.63) is 11.9 Å². The number of rotatable bonds is 6. The molecule has 0 aliphatic carbocycles. The molecule has 0 aromatic rings. The summed E-state index contributed by atoms with van der Waals surface area (Å²) in [6.07, 6.45) is -5.76. The lowest BCUT2D eigenvalue weighted by atomic mass is 10.2. The molecule has 0 aromatic heterocycles. The molecular formula is C11H14F4O4. The van der Waals surface area contributed by atoms with E-state index in [-0.39, 0.29) is 13.0 Å². The first-order valence-corrected chi connectivity index (χ1v) is 5.67. The van der Waals surface area contributed by atoms with E-state index in [0.29, 0.717) is 0 Å². The molecule has 19 heavy (non-hydrogen) atoms. The third-order valence-electron chi connectivity index (χ3n) is 2.48. The summed E-state index contributed by atoms with van der Waals surface area (Å²) >= 11 is 0. The number of alkyl halides is 3. The van der Waals surface area contributed by atoms with Crippen molar-refractivity contribution >= 4 is 6.16 Å². The van der Waals surface area contributed by atoms with E-state index >= 15 is 0 Å². The highest BCUT2D eigenvalue weighted by atomic mass is 19.4. The van der Waals surface area contributed by atoms with Crippen molar-refractivity contribution in [2.24, 2.45) is 0 Å². The molecule has 0 amide bonds. The lowest BCUT2D eigenvalue weighted by Gasteiger charge is -2.22. The molecule has 1 atom stereocenters. The Morgan fingerprint density at radius 2 is 2.21 bits per heavy atom. The molecule has 0 bridgehead atoms. The monoisotopic (exact) mass is 286 g/mol. The van der Waals surface area contributed by atoms with Crippen molar-refractivity contribution < 1.29 is 36.6 Å². The summed E-state index contributed by atoms with van der Waals surface area (Å²) in [7, 11) is 0. The molecule has 1 heterocycles. The fraction of sp³-hybridized carbons (Fsp3) is 0.727. The Morgan fingerprint density at radius 3 is 2.68 bits per heavy atom. The lowest BCUT2D eigenvalue weighted by Crippen LogP contribution is -2.35. The minimum atomic E-state index is -4.32. The number of hydrogen-bond donors (Lipinski definition) is 0. The molecule has 0 N–H and O–H groups in total. The molecule has 4 nitrogen and oxygen atoms in total. The van der Waals surface area contributed by atoms with E-state index in [9.17, 15) is 22.4 Å². The Labute approximate surface area is 107 Å². The van der Waals surface area contributed by atoms with Crippen LogP contribution in [0.3, 0.4) is 0 Å². The predicted molar refractivity (Wildman–Crippen MR) is 55.9 cm³/mol. The van der Waals surface area contributed by atoms with Gasteiger partial charge in [0.05, 0.1) is 0 Å². The van der Waals surface area contributed by atoms with Gasteiger partial charge in [0, 0.05) is 12.8 Å². The van der Waals surface area contributed by atoms with Gasteiger partial charge in [-0.15, -0.1) is 0 Å². The van der Waals surface area contributed by atoms with E-state index in [0.717, 1.165) is 6.08 Å². The number of ether oxygens (including phenoxy) is 3. The maximum Gasteiger partial charge on any atom is 0.511 e. The van der Waals surface area contributed by atoms with E-state index in [1.165, 1.54) is 0 Å². The van der Waals surface area contributed by atoms with Crippen molar-refractivity contribution in [1.29, 1.82) is 0 Å². The van der Waals surface area contributed by atoms with E-state index in [2.05, 4.69) is 4.74 Å². The highest BCUT2D eigenvalue weighted by Crippen LogP contribution is 2.26. The van der Waals surface area contributed by atoms with Crippen LogP contribution < -0.4 is 0 Å². The molecule has 1 aliphatic heterocycles. The smallest absolute Gasteiger partial charge is 0.427 e. The fourth-order valence-electron chi connectivity index (χ4n) is 1.38. The molecule has 1 rings (SSSR count). The molecule has 0 spiro atoms. The van der Waals surface area contributed by atoms with Crippen LogP contribution in [0.1, 0.15) is 26.2 Å². The molecule has 1 aliphatic rings. The first kappa shape index (κ1) is 15.7. The highest BCUT2D eigenvalue weighted by molar-refractivity contribution is 5.62. The lowest BCUT2D eigenvalue weighted by molar-refractivity contribution is -0.177. The third-order valence-corrected chi connectivity index (χ3v) is 2.48. The number of allylic oxidation sites excluding steroid dienone is 1. The number of cyclic esters (lactones) is 2. The van der Waals surface area contributed by atoms with Crippen LogP contribution in [0.5, 0.6) is 0 Å². The molecule has 1 unspecified atom stereocenters. The highest BCUT2D eigenvalue weighted by Gasteiger charge is 2.42. The molecule has 8 heteroatoms. The normalized spacial score (nSPS) is 24.3. The van der Waals surface area contributed by atoms with Crippen LogP contribution in [-0.4, -0.2) is 31.3 Å². The van der Waals surface area contributed by atoms with E-state index in [1.807, 2.05) is 0 Å². The van der Waals surface area contributed by atoms with Crippen molar-refractivity contribution in [3.63, 3.8) is 0 Å². The minimum Gasteiger partial charge on any atom is -0.427 e. The average molecular weight is 286 g/mol. The van der Waals surface area contributed by atoms with Crippen molar-refractivity contribution in [2.45, 2.75) is 38.1 Å². The standard InChI is InChI=1S/C11H14F4O4/c1-2-10(7-17-9(16)19-10)18-6-8(12)4-3-5-11(13,14)15/h4H,2-3,5-7H2,1H3/b8-4-. The molecule has 0 saturated carbocycles. The zero-order valence-electron chi connectivity index (χ0n) is 10.3. The zero-order chi connectivity index (χ0) is 14.5. The van der Waals surface area contributed by atoms with Crippen molar-refractivity contribution in [3.8, 4) is 0 Å². The Morgan fingerprint density at radius 1 is 1.53 bits per heavy atom. The summed E-state index contributed by atoms with van der Waals surface area (Å²) in [4.78, 5) is 10.8. The molecule has 110 valence electrons. The van der Waals surface area contributed by atoms with Gasteiger partial charge in [0.25, 0.3) is 5.79 Å². The largest absolute Gasteiger partial charge is 0.511 e. The maximum atomic E-state index is 13.2. The Hall–Kier alpha value is -1.31. The van der Waals surface area contributed by atoms with Gasteiger partial charge in [0.15, 0.2) is 6.61 Å². The van der Waals surface area contributed by atoms with Crippen molar-refractivity contribution in [1.82, 2.24) is 0 Å². The number of carbonyl (C=O) groups excluding carboxylic acids is 1. The Balaban J connectivity index is 2.38. The van der Waals surface area contributed by atoms with Gasteiger partial charge in [-0.05, 0) is 6.42 Å². The summed E-state index contributed by atoms with van der Waals surface area (Å²) in [5, 5.41) is 0. The van der Waals surface area contributed by atoms with Gasteiger partial charge in [-0.1, -0.05) is 13.0 Å². The van der Waals surface area contributed by atoms with Crippen LogP contribution in [0, 0.1) is 0 Å². The van der Waals surface area contributed by atoms with Gasteiger partial charge >= 0.3 is 12.3 Å². The third kappa shape index (κ3) is 5.46. The summed E-state index contributed by atoms with van der Waals surface area (Å²) in [5.74, 6) is -2.20. The molecule has 1 saturated heterocycles. The van der Waals surface area contributed by atoms with Gasteiger partial charge in [0.1, 0.15) is 12.4 Å². The van der Waals surface area contributed by atoms with Gasteiger partial charge in [-0.25, -0.2) is 9.18 Å². The van der Waals surface area contributed by atoms with Crippen LogP contribution in [0.4, 0.5) is 22.4 Å². The second-order valence-corrected chi connectivity index (χ2v) is 4.00. The summed E-state index contributed by atoms with van der Waals surface area (Å²) in [6, 6.07) is 0. The first-order chi connectivity index (χ1) is 8.76. The van der Waals surface area contributed by atoms with Crippen LogP contribution in [0.15, 0.2) is 11.9 Å². The predicted octanol–water partition coefficient (Wildman–Crippen LogP) is 3.47. The Bertz CT molecular complexity index is 353. The maximum absolute atomic E-state index is 13.2. The SMILES string of the molecule is CCC1(OC/C(F)=C/CCC(F)(F)F)COC(=O)O1. The van der Waals surface area contributed by atoms with Crippen molar-refractivity contribution in [2.75, 3.05) is 13.2 Å². The molecule has 0 aromatic carbocycles. The fourth-order valence-corrected chi connectivity index (χ4v) is 1.38. The number of carbonyl (C=O) groups is 1. The summed E-state index contributed by atoms with van der Waals surface area (Å²) in [5.41, 5.74) is 0. The van der Waals surface area contributed by atoms with Gasteiger partial charge in [-0.3, -0.25) is 0 Å². The first-order valence-electron chi connectivity index (χ1n) is 5.67. The number of hydrogen-bond acceptors (Lipinski definition) is 4. The number of halogens is 4. The van der Waals surface area contributed by atoms with Crippen LogP contribution in [0.25, 0.3) is 0 Å². The van der Waals surface area contributed by atoms with Gasteiger partial charge < -0.3 is 14.2 Å². The van der Waals surface area contributed by atoms with E-state index < -0.39 is 43.4 Å². The average Bonchev–Trinajstić information content (AvgIpc) is 2.68.